The van der Waals surface area contributed by atoms with E-state index in [0.29, 0.717) is 43.9 Å². The Bertz CT molecular complexity index is 1240. The average molecular weight is 485 g/mol. The van der Waals surface area contributed by atoms with Gasteiger partial charge in [-0.25, -0.2) is 12.8 Å². The van der Waals surface area contributed by atoms with E-state index < -0.39 is 15.8 Å². The van der Waals surface area contributed by atoms with Crippen molar-refractivity contribution < 1.29 is 22.7 Å². The Kier molecular flexibility index (Phi) is 7.09. The van der Waals surface area contributed by atoms with E-state index in [1.165, 1.54) is 35.7 Å². The number of benzene rings is 3. The summed E-state index contributed by atoms with van der Waals surface area (Å²) in [6.07, 6.45) is 1.21. The topological polar surface area (TPSA) is 70.1 Å². The van der Waals surface area contributed by atoms with Gasteiger partial charge in [-0.05, 0) is 67.8 Å². The van der Waals surface area contributed by atoms with Gasteiger partial charge in [0.05, 0.1) is 17.7 Å². The molecule has 0 spiro atoms. The summed E-state index contributed by atoms with van der Waals surface area (Å²) in [4.78, 5) is 2.41. The molecule has 34 heavy (non-hydrogen) atoms. The van der Waals surface area contributed by atoms with E-state index in [4.69, 9.17) is 4.74 Å². The van der Waals surface area contributed by atoms with Gasteiger partial charge in [-0.1, -0.05) is 24.3 Å². The van der Waals surface area contributed by atoms with Crippen molar-refractivity contribution >= 4 is 15.7 Å². The highest BCUT2D eigenvalue weighted by molar-refractivity contribution is 7.92. The molecule has 180 valence electrons. The number of para-hydroxylation sites is 1. The first kappa shape index (κ1) is 24.0. The molecule has 4 rings (SSSR count). The molecule has 1 heterocycles. The lowest BCUT2D eigenvalue weighted by molar-refractivity contribution is 0.204. The normalized spacial score (nSPS) is 15.3. The smallest absolute Gasteiger partial charge is 0.264 e. The van der Waals surface area contributed by atoms with Gasteiger partial charge in [-0.2, -0.15) is 0 Å². The number of nitrogens with zero attached hydrogens (tertiary/aromatic N) is 2. The van der Waals surface area contributed by atoms with Gasteiger partial charge in [0.25, 0.3) is 10.0 Å². The molecule has 0 aromatic heterocycles. The third-order valence-electron chi connectivity index (χ3n) is 6.21. The Morgan fingerprint density at radius 1 is 1.06 bits per heavy atom. The molecule has 3 aromatic carbocycles. The lowest BCUT2D eigenvalue weighted by Crippen LogP contribution is -2.47. The molecule has 6 nitrogen and oxygen atoms in total. The Morgan fingerprint density at radius 2 is 1.74 bits per heavy atom. The maximum absolute atomic E-state index is 13.7. The number of aromatic hydroxyl groups is 1. The zero-order chi connectivity index (χ0) is 24.3. The van der Waals surface area contributed by atoms with Crippen molar-refractivity contribution in [3.63, 3.8) is 0 Å². The highest BCUT2D eigenvalue weighted by Crippen LogP contribution is 2.33. The Morgan fingerprint density at radius 3 is 2.38 bits per heavy atom. The number of halogens is 1. The van der Waals surface area contributed by atoms with Gasteiger partial charge in [0.15, 0.2) is 11.5 Å². The first-order valence-electron chi connectivity index (χ1n) is 11.2. The number of ether oxygens (including phenoxy) is 1. The number of anilines is 1. The summed E-state index contributed by atoms with van der Waals surface area (Å²) in [7, 11) is -2.33. The van der Waals surface area contributed by atoms with Crippen LogP contribution in [0.3, 0.4) is 0 Å². The zero-order valence-corrected chi connectivity index (χ0v) is 20.1. The summed E-state index contributed by atoms with van der Waals surface area (Å²) in [6.45, 7) is 3.70. The van der Waals surface area contributed by atoms with Crippen LogP contribution >= 0.6 is 0 Å². The minimum Gasteiger partial charge on any atom is -0.504 e. The molecule has 0 atom stereocenters. The number of phenols is 1. The number of sulfonamides is 1. The van der Waals surface area contributed by atoms with E-state index in [1.807, 2.05) is 25.1 Å². The fraction of sp³-hybridized carbons (Fsp3) is 0.308. The van der Waals surface area contributed by atoms with Gasteiger partial charge >= 0.3 is 0 Å². The van der Waals surface area contributed by atoms with Crippen molar-refractivity contribution in [2.45, 2.75) is 37.2 Å². The van der Waals surface area contributed by atoms with Gasteiger partial charge < -0.3 is 9.84 Å². The summed E-state index contributed by atoms with van der Waals surface area (Å²) in [5.41, 5.74) is 2.07. The van der Waals surface area contributed by atoms with Crippen LogP contribution in [-0.2, 0) is 16.6 Å². The van der Waals surface area contributed by atoms with E-state index in [9.17, 15) is 17.9 Å². The second-order valence-electron chi connectivity index (χ2n) is 8.57. The van der Waals surface area contributed by atoms with Crippen molar-refractivity contribution in [2.24, 2.45) is 0 Å². The molecule has 1 N–H and O–H groups in total. The SMILES string of the molecule is COc1cccc(CN2CCC(N(c3ccc(F)cc3)S(=O)(=O)c3cccc(C)c3)CC2)c1O. The first-order valence-corrected chi connectivity index (χ1v) is 12.7. The molecule has 0 unspecified atom stereocenters. The van der Waals surface area contributed by atoms with Crippen molar-refractivity contribution in [1.82, 2.24) is 4.90 Å². The van der Waals surface area contributed by atoms with Crippen molar-refractivity contribution in [3.05, 3.63) is 83.7 Å². The first-order chi connectivity index (χ1) is 16.3. The summed E-state index contributed by atoms with van der Waals surface area (Å²) in [5.74, 6) is 0.144. The summed E-state index contributed by atoms with van der Waals surface area (Å²) < 4.78 is 47.7. The second kappa shape index (κ2) is 10.0. The van der Waals surface area contributed by atoms with Gasteiger partial charge in [-0.15, -0.1) is 0 Å². The van der Waals surface area contributed by atoms with Crippen LogP contribution in [0.15, 0.2) is 71.6 Å². The van der Waals surface area contributed by atoms with E-state index in [0.717, 1.165) is 11.1 Å². The summed E-state index contributed by atoms with van der Waals surface area (Å²) in [5, 5.41) is 10.4. The Hall–Kier alpha value is -3.10. The Labute approximate surface area is 200 Å². The van der Waals surface area contributed by atoms with Gasteiger partial charge in [0, 0.05) is 31.2 Å². The number of likely N-dealkylation sites (tertiary alicyclic amines) is 1. The van der Waals surface area contributed by atoms with Crippen molar-refractivity contribution in [2.75, 3.05) is 24.5 Å². The molecule has 0 aliphatic carbocycles. The largest absolute Gasteiger partial charge is 0.504 e. The highest BCUT2D eigenvalue weighted by Gasteiger charge is 2.34. The lowest BCUT2D eigenvalue weighted by Gasteiger charge is -2.39. The molecule has 1 aliphatic rings. The minimum absolute atomic E-state index is 0.127. The van der Waals surface area contributed by atoms with Crippen LogP contribution in [0.4, 0.5) is 10.1 Å². The van der Waals surface area contributed by atoms with Crippen LogP contribution < -0.4 is 9.04 Å². The number of hydrogen-bond acceptors (Lipinski definition) is 5. The molecule has 1 aliphatic heterocycles. The van der Waals surface area contributed by atoms with E-state index in [2.05, 4.69) is 4.90 Å². The number of aryl methyl sites for hydroxylation is 1. The third kappa shape index (κ3) is 5.03. The van der Waals surface area contributed by atoms with Gasteiger partial charge in [-0.3, -0.25) is 9.21 Å². The third-order valence-corrected chi connectivity index (χ3v) is 8.09. The summed E-state index contributed by atoms with van der Waals surface area (Å²) in [6, 6.07) is 17.6. The van der Waals surface area contributed by atoms with E-state index in [-0.39, 0.29) is 16.7 Å². The lowest BCUT2D eigenvalue weighted by atomic mass is 10.0. The second-order valence-corrected chi connectivity index (χ2v) is 10.4. The van der Waals surface area contributed by atoms with Crippen LogP contribution in [0.25, 0.3) is 0 Å². The van der Waals surface area contributed by atoms with E-state index >= 15 is 0 Å². The number of phenolic OH excluding ortho intramolecular Hbond substituents is 1. The molecular weight excluding hydrogens is 455 g/mol. The standard InChI is InChI=1S/C26H29FN2O4S/c1-19-5-3-7-24(17-19)34(31,32)29(22-11-9-21(27)10-12-22)23-13-15-28(16-14-23)18-20-6-4-8-25(33-2)26(20)30/h3-12,17,23,30H,13-16,18H2,1-2H3. The monoisotopic (exact) mass is 484 g/mol. The highest BCUT2D eigenvalue weighted by atomic mass is 32.2. The van der Waals surface area contributed by atoms with Crippen molar-refractivity contribution in [3.8, 4) is 11.5 Å². The predicted octanol–water partition coefficient (Wildman–Crippen LogP) is 4.71. The molecule has 1 saturated heterocycles. The van der Waals surface area contributed by atoms with Crippen LogP contribution in [-0.4, -0.2) is 44.7 Å². The molecule has 3 aromatic rings. The fourth-order valence-electron chi connectivity index (χ4n) is 4.44. The maximum atomic E-state index is 13.7. The summed E-state index contributed by atoms with van der Waals surface area (Å²) >= 11 is 0. The quantitative estimate of drug-likeness (QED) is 0.526. The van der Waals surface area contributed by atoms with Crippen LogP contribution in [0, 0.1) is 12.7 Å². The Balaban J connectivity index is 1.57. The number of piperidine rings is 1. The van der Waals surface area contributed by atoms with E-state index in [1.54, 1.807) is 24.3 Å². The molecule has 0 bridgehead atoms. The minimum atomic E-state index is -3.85. The molecule has 0 saturated carbocycles. The number of hydrogen-bond donors (Lipinski definition) is 1. The zero-order valence-electron chi connectivity index (χ0n) is 19.3. The van der Waals surface area contributed by atoms with Crippen LogP contribution in [0.1, 0.15) is 24.0 Å². The molecular formula is C26H29FN2O4S. The van der Waals surface area contributed by atoms with Crippen LogP contribution in [0.5, 0.6) is 11.5 Å². The molecule has 8 heteroatoms. The fourth-order valence-corrected chi connectivity index (χ4v) is 6.25. The van der Waals surface area contributed by atoms with Crippen molar-refractivity contribution in [1.29, 1.82) is 0 Å². The van der Waals surface area contributed by atoms with Crippen LogP contribution in [0.2, 0.25) is 0 Å². The number of rotatable bonds is 7. The van der Waals surface area contributed by atoms with Gasteiger partial charge in [0.1, 0.15) is 5.82 Å². The molecule has 0 amide bonds. The maximum Gasteiger partial charge on any atom is 0.264 e. The van der Waals surface area contributed by atoms with Gasteiger partial charge in [0.2, 0.25) is 0 Å². The average Bonchev–Trinajstić information content (AvgIpc) is 2.83. The number of methoxy groups -OCH3 is 1. The molecule has 1 fully saturated rings. The predicted molar refractivity (Wildman–Crippen MR) is 130 cm³/mol. The molecule has 0 radical (unpaired) electrons.